The van der Waals surface area contributed by atoms with Crippen LogP contribution in [0.2, 0.25) is 0 Å². The molecule has 0 heterocycles. The van der Waals surface area contributed by atoms with E-state index >= 15 is 0 Å². The minimum absolute atomic E-state index is 0.274. The molecule has 2 aromatic carbocycles. The summed E-state index contributed by atoms with van der Waals surface area (Å²) >= 11 is 0. The molecule has 2 rings (SSSR count). The van der Waals surface area contributed by atoms with Gasteiger partial charge in [-0.25, -0.2) is 4.39 Å². The van der Waals surface area contributed by atoms with Gasteiger partial charge in [-0.3, -0.25) is 0 Å². The zero-order valence-electron chi connectivity index (χ0n) is 9.94. The Hall–Kier alpha value is -1.67. The van der Waals surface area contributed by atoms with E-state index in [4.69, 9.17) is 0 Å². The van der Waals surface area contributed by atoms with Crippen molar-refractivity contribution in [1.82, 2.24) is 0 Å². The monoisotopic (exact) mass is 230 g/mol. The van der Waals surface area contributed by atoms with E-state index in [0.29, 0.717) is 5.56 Å². The third kappa shape index (κ3) is 2.37. The van der Waals surface area contributed by atoms with E-state index in [1.807, 2.05) is 24.3 Å². The summed E-state index contributed by atoms with van der Waals surface area (Å²) in [7, 11) is 0. The van der Waals surface area contributed by atoms with Gasteiger partial charge in [-0.05, 0) is 31.0 Å². The second-order valence-corrected chi connectivity index (χ2v) is 4.58. The van der Waals surface area contributed by atoms with E-state index in [1.165, 1.54) is 6.07 Å². The van der Waals surface area contributed by atoms with Crippen LogP contribution in [0.4, 0.5) is 4.39 Å². The molecule has 0 saturated carbocycles. The molecule has 0 atom stereocenters. The smallest absolute Gasteiger partial charge is 0.131 e. The summed E-state index contributed by atoms with van der Waals surface area (Å²) in [5.41, 5.74) is 0.993. The molecule has 2 heteroatoms. The second-order valence-electron chi connectivity index (χ2n) is 4.58. The average Bonchev–Trinajstić information content (AvgIpc) is 2.28. The Kier molecular flexibility index (Phi) is 2.99. The summed E-state index contributed by atoms with van der Waals surface area (Å²) in [6.07, 6.45) is 0. The van der Waals surface area contributed by atoms with Crippen molar-refractivity contribution in [3.05, 3.63) is 59.9 Å². The largest absolute Gasteiger partial charge is 0.386 e. The highest BCUT2D eigenvalue weighted by atomic mass is 19.1. The summed E-state index contributed by atoms with van der Waals surface area (Å²) in [5, 5.41) is 10.1. The molecule has 0 aliphatic heterocycles. The lowest BCUT2D eigenvalue weighted by Gasteiger charge is -2.21. The van der Waals surface area contributed by atoms with Gasteiger partial charge < -0.3 is 5.11 Å². The Morgan fingerprint density at radius 3 is 2.00 bits per heavy atom. The summed E-state index contributed by atoms with van der Waals surface area (Å²) in [6, 6.07) is 13.9. The van der Waals surface area contributed by atoms with Crippen LogP contribution in [0.25, 0.3) is 11.1 Å². The van der Waals surface area contributed by atoms with Gasteiger partial charge in [-0.2, -0.15) is 0 Å². The molecule has 0 bridgehead atoms. The van der Waals surface area contributed by atoms with Crippen LogP contribution in [0, 0.1) is 5.82 Å². The topological polar surface area (TPSA) is 20.2 Å². The van der Waals surface area contributed by atoms with Crippen molar-refractivity contribution >= 4 is 0 Å². The molecular weight excluding hydrogens is 215 g/mol. The minimum Gasteiger partial charge on any atom is -0.386 e. The van der Waals surface area contributed by atoms with Crippen LogP contribution in [-0.2, 0) is 5.60 Å². The first-order valence-corrected chi connectivity index (χ1v) is 5.57. The predicted octanol–water partition coefficient (Wildman–Crippen LogP) is 3.72. The fraction of sp³-hybridized carbons (Fsp3) is 0.200. The maximum Gasteiger partial charge on any atom is 0.131 e. The summed E-state index contributed by atoms with van der Waals surface area (Å²) in [6.45, 7) is 3.40. The van der Waals surface area contributed by atoms with Crippen molar-refractivity contribution in [2.24, 2.45) is 0 Å². The molecule has 0 amide bonds. The zero-order chi connectivity index (χ0) is 12.5. The number of benzene rings is 2. The zero-order valence-corrected chi connectivity index (χ0v) is 9.94. The van der Waals surface area contributed by atoms with Crippen molar-refractivity contribution in [2.75, 3.05) is 0 Å². The Balaban J connectivity index is 2.65. The normalized spacial score (nSPS) is 11.5. The van der Waals surface area contributed by atoms with E-state index in [9.17, 15) is 9.50 Å². The molecule has 0 aliphatic carbocycles. The number of hydrogen-bond acceptors (Lipinski definition) is 1. The fourth-order valence-electron chi connectivity index (χ4n) is 1.93. The number of halogens is 1. The van der Waals surface area contributed by atoms with E-state index in [2.05, 4.69) is 0 Å². The minimum atomic E-state index is -0.987. The van der Waals surface area contributed by atoms with Gasteiger partial charge in [0.1, 0.15) is 5.82 Å². The Morgan fingerprint density at radius 2 is 1.41 bits per heavy atom. The molecule has 0 saturated heterocycles. The highest BCUT2D eigenvalue weighted by Gasteiger charge is 2.21. The van der Waals surface area contributed by atoms with E-state index < -0.39 is 5.60 Å². The highest BCUT2D eigenvalue weighted by Crippen LogP contribution is 2.32. The highest BCUT2D eigenvalue weighted by molar-refractivity contribution is 5.68. The number of rotatable bonds is 2. The van der Waals surface area contributed by atoms with E-state index in [-0.39, 0.29) is 5.82 Å². The van der Waals surface area contributed by atoms with Gasteiger partial charge in [0.15, 0.2) is 0 Å². The van der Waals surface area contributed by atoms with E-state index in [1.54, 1.807) is 32.0 Å². The van der Waals surface area contributed by atoms with Gasteiger partial charge in [0, 0.05) is 5.56 Å². The lowest BCUT2D eigenvalue weighted by atomic mass is 9.89. The van der Waals surface area contributed by atoms with Crippen LogP contribution in [0.15, 0.2) is 48.5 Å². The third-order valence-corrected chi connectivity index (χ3v) is 2.75. The molecule has 0 aromatic heterocycles. The van der Waals surface area contributed by atoms with Crippen molar-refractivity contribution in [3.63, 3.8) is 0 Å². The first-order chi connectivity index (χ1) is 8.00. The van der Waals surface area contributed by atoms with Crippen LogP contribution in [0.5, 0.6) is 0 Å². The van der Waals surface area contributed by atoms with Gasteiger partial charge in [-0.15, -0.1) is 0 Å². The molecule has 17 heavy (non-hydrogen) atoms. The standard InChI is InChI=1S/C15H15FO/c1-15(2,17)13-9-5-3-7-11(13)12-8-4-6-10-14(12)16/h3-10,17H,1-2H3. The molecule has 1 N–H and O–H groups in total. The average molecular weight is 230 g/mol. The van der Waals surface area contributed by atoms with Gasteiger partial charge in [0.25, 0.3) is 0 Å². The van der Waals surface area contributed by atoms with Gasteiger partial charge in [-0.1, -0.05) is 42.5 Å². The molecule has 1 nitrogen and oxygen atoms in total. The third-order valence-electron chi connectivity index (χ3n) is 2.75. The van der Waals surface area contributed by atoms with Gasteiger partial charge >= 0.3 is 0 Å². The molecule has 2 aromatic rings. The van der Waals surface area contributed by atoms with Gasteiger partial charge in [0.2, 0.25) is 0 Å². The number of hydrogen-bond donors (Lipinski definition) is 1. The molecule has 0 fully saturated rings. The van der Waals surface area contributed by atoms with E-state index in [0.717, 1.165) is 11.1 Å². The lowest BCUT2D eigenvalue weighted by Crippen LogP contribution is -2.16. The summed E-state index contributed by atoms with van der Waals surface area (Å²) < 4.78 is 13.8. The quantitative estimate of drug-likeness (QED) is 0.833. The maximum absolute atomic E-state index is 13.8. The van der Waals surface area contributed by atoms with Crippen molar-refractivity contribution in [3.8, 4) is 11.1 Å². The Morgan fingerprint density at radius 1 is 0.882 bits per heavy atom. The summed E-state index contributed by atoms with van der Waals surface area (Å²) in [4.78, 5) is 0. The van der Waals surface area contributed by atoms with Crippen LogP contribution >= 0.6 is 0 Å². The molecule has 88 valence electrons. The van der Waals surface area contributed by atoms with Crippen LogP contribution < -0.4 is 0 Å². The number of aliphatic hydroxyl groups is 1. The Labute approximate surface area is 101 Å². The molecule has 0 unspecified atom stereocenters. The first-order valence-electron chi connectivity index (χ1n) is 5.57. The van der Waals surface area contributed by atoms with Crippen molar-refractivity contribution in [1.29, 1.82) is 0 Å². The molecular formula is C15H15FO. The second kappa shape index (κ2) is 4.30. The molecule has 0 aliphatic rings. The predicted molar refractivity (Wildman–Crippen MR) is 67.1 cm³/mol. The first kappa shape index (κ1) is 11.8. The van der Waals surface area contributed by atoms with Crippen LogP contribution in [0.1, 0.15) is 19.4 Å². The Bertz CT molecular complexity index is 526. The van der Waals surface area contributed by atoms with Crippen LogP contribution in [0.3, 0.4) is 0 Å². The van der Waals surface area contributed by atoms with Crippen molar-refractivity contribution < 1.29 is 9.50 Å². The SMILES string of the molecule is CC(C)(O)c1ccccc1-c1ccccc1F. The molecule has 0 radical (unpaired) electrons. The van der Waals surface area contributed by atoms with Gasteiger partial charge in [0.05, 0.1) is 5.60 Å². The maximum atomic E-state index is 13.8. The molecule has 0 spiro atoms. The van der Waals surface area contributed by atoms with Crippen molar-refractivity contribution in [2.45, 2.75) is 19.4 Å². The van der Waals surface area contributed by atoms with Crippen LogP contribution in [-0.4, -0.2) is 5.11 Å². The lowest BCUT2D eigenvalue weighted by molar-refractivity contribution is 0.0792. The summed E-state index contributed by atoms with van der Waals surface area (Å²) in [5.74, 6) is -0.274. The fourth-order valence-corrected chi connectivity index (χ4v) is 1.93.